The van der Waals surface area contributed by atoms with Gasteiger partial charge in [0.1, 0.15) is 5.00 Å². The van der Waals surface area contributed by atoms with E-state index >= 15 is 0 Å². The van der Waals surface area contributed by atoms with E-state index in [1.54, 1.807) is 0 Å². The van der Waals surface area contributed by atoms with Crippen molar-refractivity contribution in [2.75, 3.05) is 25.1 Å². The van der Waals surface area contributed by atoms with Gasteiger partial charge in [-0.2, -0.15) is 0 Å². The Bertz CT molecular complexity index is 405. The maximum absolute atomic E-state index is 11.8. The molecule has 0 bridgehead atoms. The van der Waals surface area contributed by atoms with Crippen LogP contribution in [0.15, 0.2) is 0 Å². The van der Waals surface area contributed by atoms with E-state index in [1.807, 2.05) is 13.8 Å². The molecule has 2 heterocycles. The molecule has 1 unspecified atom stereocenters. The molecular formula is C11H18ClN3O2S. The number of hydrogen-bond acceptors (Lipinski definition) is 5. The number of morpholine rings is 1. The van der Waals surface area contributed by atoms with Crippen LogP contribution in [0.25, 0.3) is 0 Å². The maximum Gasteiger partial charge on any atom is 0.226 e. The van der Waals surface area contributed by atoms with Gasteiger partial charge in [0.25, 0.3) is 0 Å². The predicted molar refractivity (Wildman–Crippen MR) is 74.7 cm³/mol. The summed E-state index contributed by atoms with van der Waals surface area (Å²) >= 11 is 1.51. The predicted octanol–water partition coefficient (Wildman–Crippen LogP) is 1.50. The first-order valence-electron chi connectivity index (χ1n) is 5.70. The highest BCUT2D eigenvalue weighted by Crippen LogP contribution is 2.23. The lowest BCUT2D eigenvalue weighted by atomic mass is 10.2. The Balaban J connectivity index is 0.00000162. The minimum atomic E-state index is 0. The van der Waals surface area contributed by atoms with Crippen LogP contribution in [0.1, 0.15) is 17.1 Å². The van der Waals surface area contributed by atoms with Gasteiger partial charge >= 0.3 is 0 Å². The van der Waals surface area contributed by atoms with Crippen molar-refractivity contribution < 1.29 is 9.53 Å². The van der Waals surface area contributed by atoms with Crippen LogP contribution in [-0.2, 0) is 9.53 Å². The third-order valence-electron chi connectivity index (χ3n) is 2.59. The van der Waals surface area contributed by atoms with Gasteiger partial charge in [0.05, 0.1) is 23.9 Å². The van der Waals surface area contributed by atoms with Crippen LogP contribution in [0, 0.1) is 13.8 Å². The molecule has 7 heteroatoms. The average Bonchev–Trinajstić information content (AvgIpc) is 2.58. The Morgan fingerprint density at radius 1 is 1.61 bits per heavy atom. The van der Waals surface area contributed by atoms with Gasteiger partial charge in [-0.25, -0.2) is 4.98 Å². The number of ether oxygens (including phenoxy) is 1. The summed E-state index contributed by atoms with van der Waals surface area (Å²) in [7, 11) is 0. The minimum absolute atomic E-state index is 0. The van der Waals surface area contributed by atoms with Gasteiger partial charge in [-0.1, -0.05) is 0 Å². The first-order chi connectivity index (χ1) is 8.15. The highest BCUT2D eigenvalue weighted by atomic mass is 35.5. The van der Waals surface area contributed by atoms with Crippen molar-refractivity contribution in [3.05, 3.63) is 10.7 Å². The molecule has 2 N–H and O–H groups in total. The van der Waals surface area contributed by atoms with Gasteiger partial charge in [0.15, 0.2) is 0 Å². The molecule has 18 heavy (non-hydrogen) atoms. The van der Waals surface area contributed by atoms with Crippen molar-refractivity contribution in [3.8, 4) is 0 Å². The third kappa shape index (κ3) is 4.20. The largest absolute Gasteiger partial charge is 0.378 e. The van der Waals surface area contributed by atoms with Crippen molar-refractivity contribution in [3.63, 3.8) is 0 Å². The molecule has 1 aromatic rings. The van der Waals surface area contributed by atoms with Crippen LogP contribution in [0.2, 0.25) is 0 Å². The fraction of sp³-hybridized carbons (Fsp3) is 0.636. The Morgan fingerprint density at radius 3 is 2.94 bits per heavy atom. The lowest BCUT2D eigenvalue weighted by Gasteiger charge is -2.23. The molecule has 1 aliphatic rings. The first-order valence-corrected chi connectivity index (χ1v) is 6.52. The van der Waals surface area contributed by atoms with E-state index in [0.29, 0.717) is 13.0 Å². The monoisotopic (exact) mass is 291 g/mol. The van der Waals surface area contributed by atoms with Crippen LogP contribution in [-0.4, -0.2) is 36.7 Å². The summed E-state index contributed by atoms with van der Waals surface area (Å²) in [6, 6.07) is 0.123. The number of carbonyl (C=O) groups is 1. The highest BCUT2D eigenvalue weighted by Gasteiger charge is 2.17. The molecule has 2 rings (SSSR count). The number of nitrogens with zero attached hydrogens (tertiary/aromatic N) is 1. The highest BCUT2D eigenvalue weighted by molar-refractivity contribution is 7.16. The molecule has 0 aliphatic carbocycles. The fourth-order valence-corrected chi connectivity index (χ4v) is 2.64. The summed E-state index contributed by atoms with van der Waals surface area (Å²) in [6.45, 7) is 5.99. The van der Waals surface area contributed by atoms with Crippen LogP contribution in [0.4, 0.5) is 5.00 Å². The van der Waals surface area contributed by atoms with Gasteiger partial charge in [-0.3, -0.25) is 4.79 Å². The molecule has 0 aromatic carbocycles. The number of carbonyl (C=O) groups excluding carboxylic acids is 1. The van der Waals surface area contributed by atoms with E-state index in [4.69, 9.17) is 4.74 Å². The number of rotatable bonds is 3. The SMILES string of the molecule is Cc1nc(C)c(NC(=O)CC2COCCN2)s1.Cl. The Kier molecular flexibility index (Phi) is 6.01. The molecule has 1 saturated heterocycles. The van der Waals surface area contributed by atoms with Crippen LogP contribution in [0.3, 0.4) is 0 Å². The minimum Gasteiger partial charge on any atom is -0.378 e. The summed E-state index contributed by atoms with van der Waals surface area (Å²) in [5, 5.41) is 7.98. The zero-order chi connectivity index (χ0) is 12.3. The number of amides is 1. The second-order valence-electron chi connectivity index (χ2n) is 4.13. The molecule has 0 spiro atoms. The van der Waals surface area contributed by atoms with E-state index in [1.165, 1.54) is 11.3 Å². The first kappa shape index (κ1) is 15.4. The van der Waals surface area contributed by atoms with Crippen LogP contribution >= 0.6 is 23.7 Å². The molecular weight excluding hydrogens is 274 g/mol. The number of halogens is 1. The Morgan fingerprint density at radius 2 is 2.39 bits per heavy atom. The van der Waals surface area contributed by atoms with Crippen molar-refractivity contribution in [2.45, 2.75) is 26.3 Å². The smallest absolute Gasteiger partial charge is 0.226 e. The van der Waals surface area contributed by atoms with Gasteiger partial charge < -0.3 is 15.4 Å². The van der Waals surface area contributed by atoms with Gasteiger partial charge in [-0.05, 0) is 13.8 Å². The molecule has 0 radical (unpaired) electrons. The molecule has 1 aliphatic heterocycles. The summed E-state index contributed by atoms with van der Waals surface area (Å²) in [4.78, 5) is 16.1. The molecule has 102 valence electrons. The average molecular weight is 292 g/mol. The number of hydrogen-bond donors (Lipinski definition) is 2. The number of aryl methyl sites for hydroxylation is 2. The number of aromatic nitrogens is 1. The van der Waals surface area contributed by atoms with E-state index in [2.05, 4.69) is 15.6 Å². The number of anilines is 1. The summed E-state index contributed by atoms with van der Waals surface area (Å²) < 4.78 is 5.31. The summed E-state index contributed by atoms with van der Waals surface area (Å²) in [5.74, 6) is 0.0137. The quantitative estimate of drug-likeness (QED) is 0.886. The van der Waals surface area contributed by atoms with E-state index in [0.717, 1.165) is 28.9 Å². The second-order valence-corrected chi connectivity index (χ2v) is 5.33. The van der Waals surface area contributed by atoms with Crippen molar-refractivity contribution in [1.29, 1.82) is 0 Å². The topological polar surface area (TPSA) is 63.2 Å². The molecule has 5 nitrogen and oxygen atoms in total. The lowest BCUT2D eigenvalue weighted by Crippen LogP contribution is -2.43. The number of nitrogens with one attached hydrogen (secondary N) is 2. The molecule has 1 fully saturated rings. The summed E-state index contributed by atoms with van der Waals surface area (Å²) in [5.41, 5.74) is 0.883. The van der Waals surface area contributed by atoms with Crippen LogP contribution < -0.4 is 10.6 Å². The molecule has 0 saturated carbocycles. The molecule has 1 amide bonds. The summed E-state index contributed by atoms with van der Waals surface area (Å²) in [6.07, 6.45) is 0.441. The second kappa shape index (κ2) is 7.04. The lowest BCUT2D eigenvalue weighted by molar-refractivity contribution is -0.117. The zero-order valence-corrected chi connectivity index (χ0v) is 12.1. The van der Waals surface area contributed by atoms with Crippen molar-refractivity contribution >= 4 is 34.7 Å². The van der Waals surface area contributed by atoms with E-state index in [9.17, 15) is 4.79 Å². The third-order valence-corrected chi connectivity index (χ3v) is 3.58. The normalized spacial score (nSPS) is 19.1. The van der Waals surface area contributed by atoms with Crippen molar-refractivity contribution in [2.24, 2.45) is 0 Å². The fourth-order valence-electron chi connectivity index (χ4n) is 1.80. The maximum atomic E-state index is 11.8. The zero-order valence-electron chi connectivity index (χ0n) is 10.5. The van der Waals surface area contributed by atoms with Gasteiger partial charge in [0, 0.05) is 19.0 Å². The van der Waals surface area contributed by atoms with Crippen molar-refractivity contribution in [1.82, 2.24) is 10.3 Å². The Hall–Kier alpha value is -0.690. The number of thiazole rings is 1. The Labute approximate surface area is 117 Å². The standard InChI is InChI=1S/C11H17N3O2S.ClH/c1-7-11(17-8(2)13-7)14-10(15)5-9-6-16-4-3-12-9;/h9,12H,3-6H2,1-2H3,(H,14,15);1H. The van der Waals surface area contributed by atoms with Gasteiger partial charge in [-0.15, -0.1) is 23.7 Å². The van der Waals surface area contributed by atoms with Crippen LogP contribution in [0.5, 0.6) is 0 Å². The van der Waals surface area contributed by atoms with E-state index < -0.39 is 0 Å². The molecule has 1 aromatic heterocycles. The van der Waals surface area contributed by atoms with E-state index in [-0.39, 0.29) is 24.4 Å². The van der Waals surface area contributed by atoms with Gasteiger partial charge in [0.2, 0.25) is 5.91 Å². The molecule has 1 atom stereocenters.